The fraction of sp³-hybridized carbons (Fsp3) is 0.400. The maximum Gasteiger partial charge on any atom is 0.414 e. The topological polar surface area (TPSA) is 67.0 Å². The molecular weight excluding hydrogens is 226 g/mol. The summed E-state index contributed by atoms with van der Waals surface area (Å²) in [6.45, 7) is 3.66. The maximum atomic E-state index is 11.2. The first-order chi connectivity index (χ1) is 7.79. The van der Waals surface area contributed by atoms with Crippen molar-refractivity contribution in [2.75, 3.05) is 17.7 Å². The molecule has 5 nitrogen and oxygen atoms in total. The number of H-pyrrole nitrogens is 1. The Bertz CT molecular complexity index is 379. The van der Waals surface area contributed by atoms with Crippen molar-refractivity contribution in [1.29, 1.82) is 0 Å². The van der Waals surface area contributed by atoms with Crippen molar-refractivity contribution in [3.63, 3.8) is 0 Å². The number of aromatic nitrogens is 2. The monoisotopic (exact) mass is 239 g/mol. The molecule has 0 fully saturated rings. The molecule has 0 unspecified atom stereocenters. The van der Waals surface area contributed by atoms with Crippen LogP contribution >= 0.6 is 11.8 Å². The second-order valence-electron chi connectivity index (χ2n) is 3.33. The van der Waals surface area contributed by atoms with E-state index in [1.54, 1.807) is 0 Å². The third-order valence-electron chi connectivity index (χ3n) is 2.15. The molecule has 1 aliphatic rings. The van der Waals surface area contributed by atoms with Crippen LogP contribution in [0.5, 0.6) is 0 Å². The summed E-state index contributed by atoms with van der Waals surface area (Å²) in [5.74, 6) is 2.46. The van der Waals surface area contributed by atoms with Gasteiger partial charge in [-0.2, -0.15) is 11.8 Å². The molecular formula is C10H13N3O2S. The molecule has 0 atom stereocenters. The van der Waals surface area contributed by atoms with Gasteiger partial charge in [0.1, 0.15) is 6.61 Å². The molecule has 6 heteroatoms. The smallest absolute Gasteiger partial charge is 0.414 e. The van der Waals surface area contributed by atoms with E-state index in [0.717, 1.165) is 29.3 Å². The fourth-order valence-corrected chi connectivity index (χ4v) is 2.37. The number of imidazole rings is 1. The molecule has 0 spiro atoms. The predicted molar refractivity (Wildman–Crippen MR) is 63.6 cm³/mol. The van der Waals surface area contributed by atoms with E-state index in [9.17, 15) is 4.79 Å². The van der Waals surface area contributed by atoms with E-state index in [0.29, 0.717) is 5.95 Å². The summed E-state index contributed by atoms with van der Waals surface area (Å²) in [5, 5.41) is 2.55. The second kappa shape index (κ2) is 5.07. The number of thioether (sulfide) groups is 1. The summed E-state index contributed by atoms with van der Waals surface area (Å²) < 4.78 is 4.79. The lowest BCUT2D eigenvalue weighted by atomic mass is 10.3. The first-order valence-electron chi connectivity index (χ1n) is 5.00. The standard InChI is InChI=1S/C10H13N3O2S/c1-2-4-15-10(14)13-9-11-7-3-5-16-6-8(7)12-9/h2H,1,3-6H2,(H2,11,12,13,14). The van der Waals surface area contributed by atoms with Crippen LogP contribution in [-0.4, -0.2) is 28.4 Å². The van der Waals surface area contributed by atoms with Crippen LogP contribution in [0.1, 0.15) is 11.4 Å². The molecule has 1 aromatic rings. The van der Waals surface area contributed by atoms with Gasteiger partial charge < -0.3 is 9.72 Å². The van der Waals surface area contributed by atoms with Crippen LogP contribution in [0.4, 0.5) is 10.7 Å². The minimum absolute atomic E-state index is 0.197. The minimum Gasteiger partial charge on any atom is -0.445 e. The Balaban J connectivity index is 1.96. The number of nitrogens with zero attached hydrogens (tertiary/aromatic N) is 1. The van der Waals surface area contributed by atoms with Crippen molar-refractivity contribution in [2.45, 2.75) is 12.2 Å². The van der Waals surface area contributed by atoms with E-state index in [1.165, 1.54) is 6.08 Å². The first-order valence-corrected chi connectivity index (χ1v) is 6.15. The van der Waals surface area contributed by atoms with Crippen molar-refractivity contribution in [3.8, 4) is 0 Å². The molecule has 0 aliphatic carbocycles. The van der Waals surface area contributed by atoms with Gasteiger partial charge in [-0.15, -0.1) is 0 Å². The van der Waals surface area contributed by atoms with Gasteiger partial charge in [-0.3, -0.25) is 5.32 Å². The SMILES string of the molecule is C=CCOC(=O)Nc1nc2c([nH]1)CSCC2. The summed E-state index contributed by atoms with van der Waals surface area (Å²) in [7, 11) is 0. The Hall–Kier alpha value is -1.43. The van der Waals surface area contributed by atoms with E-state index < -0.39 is 6.09 Å². The molecule has 1 aliphatic heterocycles. The van der Waals surface area contributed by atoms with Crippen molar-refractivity contribution >= 4 is 23.8 Å². The Morgan fingerprint density at radius 3 is 3.38 bits per heavy atom. The van der Waals surface area contributed by atoms with Gasteiger partial charge in [-0.05, 0) is 5.75 Å². The molecule has 0 saturated heterocycles. The molecule has 2 rings (SSSR count). The molecule has 1 amide bonds. The molecule has 0 aromatic carbocycles. The number of anilines is 1. The number of aromatic amines is 1. The average Bonchev–Trinajstić information content (AvgIpc) is 2.68. The normalized spacial score (nSPS) is 14.0. The van der Waals surface area contributed by atoms with Gasteiger partial charge in [0, 0.05) is 17.9 Å². The van der Waals surface area contributed by atoms with Gasteiger partial charge in [0.05, 0.1) is 5.69 Å². The average molecular weight is 239 g/mol. The highest BCUT2D eigenvalue weighted by molar-refractivity contribution is 7.98. The number of rotatable bonds is 3. The lowest BCUT2D eigenvalue weighted by Crippen LogP contribution is -2.14. The minimum atomic E-state index is -0.515. The summed E-state index contributed by atoms with van der Waals surface area (Å²) in [6.07, 6.45) is 1.95. The second-order valence-corrected chi connectivity index (χ2v) is 4.43. The predicted octanol–water partition coefficient (Wildman–Crippen LogP) is 1.93. The summed E-state index contributed by atoms with van der Waals surface area (Å²) in [5.41, 5.74) is 2.13. The number of aryl methyl sites for hydroxylation is 1. The quantitative estimate of drug-likeness (QED) is 0.791. The van der Waals surface area contributed by atoms with Crippen molar-refractivity contribution in [1.82, 2.24) is 9.97 Å². The number of ether oxygens (including phenoxy) is 1. The highest BCUT2D eigenvalue weighted by Gasteiger charge is 2.15. The number of nitrogens with one attached hydrogen (secondary N) is 2. The zero-order valence-electron chi connectivity index (χ0n) is 8.78. The number of hydrogen-bond acceptors (Lipinski definition) is 4. The molecule has 0 bridgehead atoms. The number of carbonyl (C=O) groups is 1. The van der Waals surface area contributed by atoms with Crippen molar-refractivity contribution in [3.05, 3.63) is 24.0 Å². The van der Waals surface area contributed by atoms with E-state index in [2.05, 4.69) is 21.9 Å². The van der Waals surface area contributed by atoms with E-state index in [4.69, 9.17) is 4.74 Å². The van der Waals surface area contributed by atoms with E-state index >= 15 is 0 Å². The van der Waals surface area contributed by atoms with Crippen LogP contribution in [0.2, 0.25) is 0 Å². The number of amides is 1. The molecule has 1 aromatic heterocycles. The Morgan fingerprint density at radius 2 is 2.62 bits per heavy atom. The zero-order valence-corrected chi connectivity index (χ0v) is 9.60. The molecule has 86 valence electrons. The summed E-state index contributed by atoms with van der Waals surface area (Å²) >= 11 is 1.86. The highest BCUT2D eigenvalue weighted by Crippen LogP contribution is 2.23. The molecule has 0 saturated carbocycles. The molecule has 16 heavy (non-hydrogen) atoms. The molecule has 2 N–H and O–H groups in total. The van der Waals surface area contributed by atoms with Crippen LogP contribution in [0.25, 0.3) is 0 Å². The summed E-state index contributed by atoms with van der Waals surface area (Å²) in [6, 6.07) is 0. The van der Waals surface area contributed by atoms with Gasteiger partial charge in [-0.1, -0.05) is 12.7 Å². The van der Waals surface area contributed by atoms with Gasteiger partial charge in [0.2, 0.25) is 5.95 Å². The van der Waals surface area contributed by atoms with Crippen molar-refractivity contribution in [2.24, 2.45) is 0 Å². The number of hydrogen-bond donors (Lipinski definition) is 2. The zero-order chi connectivity index (χ0) is 11.4. The Labute approximate surface area is 97.7 Å². The van der Waals surface area contributed by atoms with E-state index in [-0.39, 0.29) is 6.61 Å². The summed E-state index contributed by atoms with van der Waals surface area (Å²) in [4.78, 5) is 18.6. The third-order valence-corrected chi connectivity index (χ3v) is 3.13. The first kappa shape index (κ1) is 11.1. The van der Waals surface area contributed by atoms with Gasteiger partial charge in [0.15, 0.2) is 0 Å². The lowest BCUT2D eigenvalue weighted by molar-refractivity contribution is 0.174. The van der Waals surface area contributed by atoms with Gasteiger partial charge >= 0.3 is 6.09 Å². The molecule has 0 radical (unpaired) electrons. The van der Waals surface area contributed by atoms with Gasteiger partial charge in [0.25, 0.3) is 0 Å². The molecule has 2 heterocycles. The highest BCUT2D eigenvalue weighted by atomic mass is 32.2. The van der Waals surface area contributed by atoms with Crippen LogP contribution < -0.4 is 5.32 Å². The Kier molecular flexibility index (Phi) is 3.51. The lowest BCUT2D eigenvalue weighted by Gasteiger charge is -2.07. The van der Waals surface area contributed by atoms with Crippen LogP contribution in [0.3, 0.4) is 0 Å². The van der Waals surface area contributed by atoms with Crippen molar-refractivity contribution < 1.29 is 9.53 Å². The van der Waals surface area contributed by atoms with Crippen LogP contribution in [0.15, 0.2) is 12.7 Å². The maximum absolute atomic E-state index is 11.2. The fourth-order valence-electron chi connectivity index (χ4n) is 1.44. The largest absolute Gasteiger partial charge is 0.445 e. The van der Waals surface area contributed by atoms with Gasteiger partial charge in [-0.25, -0.2) is 9.78 Å². The third kappa shape index (κ3) is 2.57. The number of carbonyl (C=O) groups excluding carboxylic acids is 1. The van der Waals surface area contributed by atoms with Crippen LogP contribution in [-0.2, 0) is 16.9 Å². The Morgan fingerprint density at radius 1 is 1.75 bits per heavy atom. The number of fused-ring (bicyclic) bond motifs is 1. The van der Waals surface area contributed by atoms with E-state index in [1.807, 2.05) is 11.8 Å². The van der Waals surface area contributed by atoms with Crippen LogP contribution in [0, 0.1) is 0 Å².